The molecule has 3 N–H and O–H groups in total. The average molecular weight is 380 g/mol. The highest BCUT2D eigenvalue weighted by Crippen LogP contribution is 2.39. The van der Waals surface area contributed by atoms with Crippen molar-refractivity contribution < 1.29 is 19.1 Å². The van der Waals surface area contributed by atoms with Crippen molar-refractivity contribution in [2.24, 2.45) is 0 Å². The molecule has 1 aromatic heterocycles. The first-order valence-corrected chi connectivity index (χ1v) is 9.30. The topological polar surface area (TPSA) is 83.7 Å². The second-order valence-corrected chi connectivity index (χ2v) is 6.39. The van der Waals surface area contributed by atoms with E-state index < -0.39 is 5.97 Å². The summed E-state index contributed by atoms with van der Waals surface area (Å²) in [6.45, 7) is 3.32. The van der Waals surface area contributed by atoms with Gasteiger partial charge in [0, 0.05) is 18.7 Å². The molecule has 0 radical (unpaired) electrons. The van der Waals surface area contributed by atoms with Crippen LogP contribution in [0.25, 0.3) is 0 Å². The molecule has 0 bridgehead atoms. The number of para-hydroxylation sites is 1. The molecule has 0 saturated heterocycles. The van der Waals surface area contributed by atoms with Gasteiger partial charge in [-0.25, -0.2) is 4.79 Å². The van der Waals surface area contributed by atoms with E-state index in [0.29, 0.717) is 29.4 Å². The number of aromatic carboxylic acids is 1. The summed E-state index contributed by atoms with van der Waals surface area (Å²) < 4.78 is 11.2. The molecule has 28 heavy (non-hydrogen) atoms. The Balaban J connectivity index is 1.97. The quantitative estimate of drug-likeness (QED) is 0.397. The zero-order chi connectivity index (χ0) is 19.8. The fraction of sp³-hybridized carbons (Fsp3) is 0.227. The van der Waals surface area contributed by atoms with Crippen LogP contribution in [0.3, 0.4) is 0 Å². The van der Waals surface area contributed by atoms with Gasteiger partial charge in [0.2, 0.25) is 0 Å². The number of carboxylic acids is 1. The van der Waals surface area contributed by atoms with Crippen LogP contribution in [0.15, 0.2) is 65.5 Å². The van der Waals surface area contributed by atoms with Crippen LogP contribution in [0.1, 0.15) is 35.7 Å². The Morgan fingerprint density at radius 2 is 1.86 bits per heavy atom. The molecule has 3 rings (SSSR count). The number of rotatable bonds is 10. The number of benzene rings is 2. The van der Waals surface area contributed by atoms with Crippen molar-refractivity contribution in [1.82, 2.24) is 0 Å². The van der Waals surface area contributed by atoms with E-state index in [1.54, 1.807) is 24.7 Å². The van der Waals surface area contributed by atoms with E-state index in [-0.39, 0.29) is 5.56 Å². The van der Waals surface area contributed by atoms with Crippen molar-refractivity contribution >= 4 is 17.3 Å². The maximum Gasteiger partial charge on any atom is 0.335 e. The van der Waals surface area contributed by atoms with Gasteiger partial charge < -0.3 is 24.9 Å². The molecule has 0 unspecified atom stereocenters. The first-order valence-electron chi connectivity index (χ1n) is 9.30. The molecule has 146 valence electrons. The third-order valence-corrected chi connectivity index (χ3v) is 4.21. The monoisotopic (exact) mass is 380 g/mol. The normalized spacial score (nSPS) is 10.5. The first kappa shape index (κ1) is 19.4. The molecule has 6 nitrogen and oxygen atoms in total. The molecule has 0 aliphatic heterocycles. The number of carboxylic acid groups (broad SMARTS) is 1. The summed E-state index contributed by atoms with van der Waals surface area (Å²) in [6, 6.07) is 14.5. The molecule has 0 atom stereocenters. The SMILES string of the molecule is CCCCNc1cc(C(=O)O)cc(NCc2ccoc2)c1Oc1ccccc1. The van der Waals surface area contributed by atoms with Crippen molar-refractivity contribution in [3.05, 3.63) is 72.2 Å². The van der Waals surface area contributed by atoms with Crippen LogP contribution in [0.4, 0.5) is 11.4 Å². The van der Waals surface area contributed by atoms with Crippen molar-refractivity contribution in [2.75, 3.05) is 17.2 Å². The molecular formula is C22H24N2O4. The van der Waals surface area contributed by atoms with Crippen LogP contribution in [-0.2, 0) is 6.54 Å². The summed E-state index contributed by atoms with van der Waals surface area (Å²) in [7, 11) is 0. The van der Waals surface area contributed by atoms with Crippen molar-refractivity contribution in [3.63, 3.8) is 0 Å². The lowest BCUT2D eigenvalue weighted by Gasteiger charge is -2.19. The lowest BCUT2D eigenvalue weighted by atomic mass is 10.1. The Bertz CT molecular complexity index is 892. The van der Waals surface area contributed by atoms with Gasteiger partial charge in [-0.3, -0.25) is 0 Å². The van der Waals surface area contributed by atoms with Gasteiger partial charge in [0.05, 0.1) is 29.5 Å². The molecule has 3 aromatic rings. The standard InChI is InChI=1S/C22H24N2O4/c1-2-3-10-23-19-12-17(22(25)26)13-20(24-14-16-9-11-27-15-16)21(19)28-18-7-5-4-6-8-18/h4-9,11-13,15,23-24H,2-3,10,14H2,1H3,(H,25,26). The third kappa shape index (κ3) is 5.07. The van der Waals surface area contributed by atoms with Gasteiger partial charge in [-0.15, -0.1) is 0 Å². The number of unbranched alkanes of at least 4 members (excludes halogenated alkanes) is 1. The van der Waals surface area contributed by atoms with Gasteiger partial charge in [0.1, 0.15) is 5.75 Å². The summed E-state index contributed by atoms with van der Waals surface area (Å²) in [5.74, 6) is 0.252. The predicted octanol–water partition coefficient (Wildman–Crippen LogP) is 5.59. The zero-order valence-electron chi connectivity index (χ0n) is 15.8. The lowest BCUT2D eigenvalue weighted by Crippen LogP contribution is -2.09. The Kier molecular flexibility index (Phi) is 6.57. The molecule has 0 amide bonds. The Morgan fingerprint density at radius 1 is 1.11 bits per heavy atom. The van der Waals surface area contributed by atoms with Crippen LogP contribution >= 0.6 is 0 Å². The first-order chi connectivity index (χ1) is 13.7. The van der Waals surface area contributed by atoms with Gasteiger partial charge >= 0.3 is 5.97 Å². The molecule has 0 aliphatic rings. The molecule has 0 aliphatic carbocycles. The van der Waals surface area contributed by atoms with E-state index in [9.17, 15) is 9.90 Å². The van der Waals surface area contributed by atoms with Crippen molar-refractivity contribution in [3.8, 4) is 11.5 Å². The highest BCUT2D eigenvalue weighted by molar-refractivity contribution is 5.92. The molecule has 2 aromatic carbocycles. The summed E-state index contributed by atoms with van der Waals surface area (Å²) in [4.78, 5) is 11.6. The van der Waals surface area contributed by atoms with E-state index >= 15 is 0 Å². The second kappa shape index (κ2) is 9.50. The largest absolute Gasteiger partial charge is 0.478 e. The number of hydrogen-bond donors (Lipinski definition) is 3. The van der Waals surface area contributed by atoms with Crippen molar-refractivity contribution in [2.45, 2.75) is 26.3 Å². The van der Waals surface area contributed by atoms with E-state index in [1.165, 1.54) is 0 Å². The summed E-state index contributed by atoms with van der Waals surface area (Å²) in [6.07, 6.45) is 5.25. The van der Waals surface area contributed by atoms with Gasteiger partial charge in [0.25, 0.3) is 0 Å². The maximum atomic E-state index is 11.6. The smallest absolute Gasteiger partial charge is 0.335 e. The predicted molar refractivity (Wildman–Crippen MR) is 109 cm³/mol. The Morgan fingerprint density at radius 3 is 2.50 bits per heavy atom. The molecule has 0 spiro atoms. The molecular weight excluding hydrogens is 356 g/mol. The van der Waals surface area contributed by atoms with Crippen LogP contribution in [-0.4, -0.2) is 17.6 Å². The molecule has 0 saturated carbocycles. The lowest BCUT2D eigenvalue weighted by molar-refractivity contribution is 0.0697. The number of furan rings is 1. The molecule has 1 heterocycles. The average Bonchev–Trinajstić information content (AvgIpc) is 3.22. The van der Waals surface area contributed by atoms with Gasteiger partial charge in [-0.1, -0.05) is 31.5 Å². The van der Waals surface area contributed by atoms with E-state index in [4.69, 9.17) is 9.15 Å². The van der Waals surface area contributed by atoms with E-state index in [1.807, 2.05) is 36.4 Å². The zero-order valence-corrected chi connectivity index (χ0v) is 15.8. The van der Waals surface area contributed by atoms with Crippen LogP contribution in [0.2, 0.25) is 0 Å². The minimum absolute atomic E-state index is 0.189. The van der Waals surface area contributed by atoms with Gasteiger partial charge in [-0.2, -0.15) is 0 Å². The van der Waals surface area contributed by atoms with E-state index in [0.717, 1.165) is 24.9 Å². The number of ether oxygens (including phenoxy) is 1. The van der Waals surface area contributed by atoms with Crippen LogP contribution < -0.4 is 15.4 Å². The highest BCUT2D eigenvalue weighted by atomic mass is 16.5. The number of carbonyl (C=O) groups is 1. The summed E-state index contributed by atoms with van der Waals surface area (Å²) in [5, 5.41) is 16.1. The third-order valence-electron chi connectivity index (χ3n) is 4.21. The summed E-state index contributed by atoms with van der Waals surface area (Å²) >= 11 is 0. The van der Waals surface area contributed by atoms with Gasteiger partial charge in [-0.05, 0) is 36.8 Å². The molecule has 0 fully saturated rings. The fourth-order valence-corrected chi connectivity index (χ4v) is 2.72. The van der Waals surface area contributed by atoms with Crippen molar-refractivity contribution in [1.29, 1.82) is 0 Å². The highest BCUT2D eigenvalue weighted by Gasteiger charge is 2.17. The number of hydrogen-bond acceptors (Lipinski definition) is 5. The molecule has 6 heteroatoms. The van der Waals surface area contributed by atoms with Gasteiger partial charge in [0.15, 0.2) is 5.75 Å². The van der Waals surface area contributed by atoms with Crippen LogP contribution in [0, 0.1) is 0 Å². The van der Waals surface area contributed by atoms with Crippen LogP contribution in [0.5, 0.6) is 11.5 Å². The fourth-order valence-electron chi connectivity index (χ4n) is 2.72. The minimum atomic E-state index is -0.990. The second-order valence-electron chi connectivity index (χ2n) is 6.39. The Labute approximate surface area is 164 Å². The summed E-state index contributed by atoms with van der Waals surface area (Å²) in [5.41, 5.74) is 2.39. The number of anilines is 2. The minimum Gasteiger partial charge on any atom is -0.478 e. The maximum absolute atomic E-state index is 11.6. The Hall–Kier alpha value is -3.41. The van der Waals surface area contributed by atoms with E-state index in [2.05, 4.69) is 17.6 Å². The number of nitrogens with one attached hydrogen (secondary N) is 2.